The standard InChI is InChI=1S/C25H23N5O5/c1-29(2)20-10-8-17(9-11-20)14-22(27-24(32)18-6-4-3-5-7-18)25(33)28-26-16-19-15-21(31)12-13-23(19)30(34)35/h3-16,31H,1-2H3,(H,27,32)(H,28,33). The number of nitrogens with zero attached hydrogens (tertiary/aromatic N) is 3. The number of carbonyl (C=O) groups is 2. The molecule has 3 aromatic rings. The molecule has 0 saturated carbocycles. The van der Waals surface area contributed by atoms with E-state index in [4.69, 9.17) is 0 Å². The number of nitrogens with one attached hydrogen (secondary N) is 2. The molecule has 0 radical (unpaired) electrons. The van der Waals surface area contributed by atoms with Crippen molar-refractivity contribution >= 4 is 35.5 Å². The number of phenols is 1. The number of rotatable bonds is 8. The molecule has 3 rings (SSSR count). The van der Waals surface area contributed by atoms with Crippen LogP contribution in [0.15, 0.2) is 83.6 Å². The fraction of sp³-hybridized carbons (Fsp3) is 0.0800. The third-order valence-corrected chi connectivity index (χ3v) is 4.83. The lowest BCUT2D eigenvalue weighted by Gasteiger charge is -2.12. The Morgan fingerprint density at radius 2 is 1.71 bits per heavy atom. The van der Waals surface area contributed by atoms with E-state index in [1.165, 1.54) is 12.1 Å². The Morgan fingerprint density at radius 3 is 2.34 bits per heavy atom. The van der Waals surface area contributed by atoms with E-state index in [0.29, 0.717) is 11.1 Å². The summed E-state index contributed by atoms with van der Waals surface area (Å²) in [6, 6.07) is 19.1. The van der Waals surface area contributed by atoms with Crippen molar-refractivity contribution < 1.29 is 19.6 Å². The van der Waals surface area contributed by atoms with Gasteiger partial charge in [0.25, 0.3) is 17.5 Å². The van der Waals surface area contributed by atoms with Crippen LogP contribution in [0.3, 0.4) is 0 Å². The average Bonchev–Trinajstić information content (AvgIpc) is 2.84. The maximum absolute atomic E-state index is 12.9. The molecule has 35 heavy (non-hydrogen) atoms. The number of hydrogen-bond acceptors (Lipinski definition) is 7. The largest absolute Gasteiger partial charge is 0.508 e. The number of amides is 2. The van der Waals surface area contributed by atoms with Crippen molar-refractivity contribution in [2.24, 2.45) is 5.10 Å². The van der Waals surface area contributed by atoms with Crippen molar-refractivity contribution in [1.82, 2.24) is 10.7 Å². The minimum absolute atomic E-state index is 0.00609. The zero-order valence-corrected chi connectivity index (χ0v) is 19.0. The fourth-order valence-corrected chi connectivity index (χ4v) is 3.01. The first-order valence-electron chi connectivity index (χ1n) is 10.4. The van der Waals surface area contributed by atoms with Crippen LogP contribution in [0.25, 0.3) is 6.08 Å². The Labute approximate surface area is 201 Å². The molecule has 3 N–H and O–H groups in total. The summed E-state index contributed by atoms with van der Waals surface area (Å²) in [7, 11) is 3.80. The van der Waals surface area contributed by atoms with E-state index >= 15 is 0 Å². The fourth-order valence-electron chi connectivity index (χ4n) is 3.01. The zero-order chi connectivity index (χ0) is 25.4. The minimum Gasteiger partial charge on any atom is -0.508 e. The zero-order valence-electron chi connectivity index (χ0n) is 19.0. The Kier molecular flexibility index (Phi) is 7.91. The van der Waals surface area contributed by atoms with Gasteiger partial charge in [0.05, 0.1) is 16.7 Å². The molecule has 0 aromatic heterocycles. The van der Waals surface area contributed by atoms with E-state index in [2.05, 4.69) is 15.8 Å². The van der Waals surface area contributed by atoms with E-state index in [9.17, 15) is 24.8 Å². The van der Waals surface area contributed by atoms with Gasteiger partial charge in [0.2, 0.25) is 0 Å². The second-order valence-electron chi connectivity index (χ2n) is 7.56. The molecule has 0 fully saturated rings. The second-order valence-corrected chi connectivity index (χ2v) is 7.56. The van der Waals surface area contributed by atoms with Gasteiger partial charge in [-0.05, 0) is 48.0 Å². The molecule has 0 spiro atoms. The molecular formula is C25H23N5O5. The summed E-state index contributed by atoms with van der Waals surface area (Å²) >= 11 is 0. The summed E-state index contributed by atoms with van der Waals surface area (Å²) in [6.07, 6.45) is 2.53. The van der Waals surface area contributed by atoms with Crippen molar-refractivity contribution in [3.8, 4) is 5.75 Å². The van der Waals surface area contributed by atoms with Crippen molar-refractivity contribution in [2.75, 3.05) is 19.0 Å². The van der Waals surface area contributed by atoms with E-state index in [0.717, 1.165) is 24.0 Å². The molecule has 0 aliphatic rings. The summed E-state index contributed by atoms with van der Waals surface area (Å²) in [5.41, 5.74) is 3.84. The maximum atomic E-state index is 12.9. The van der Waals surface area contributed by atoms with Gasteiger partial charge in [-0.3, -0.25) is 19.7 Å². The Hall–Kier alpha value is -4.99. The lowest BCUT2D eigenvalue weighted by Crippen LogP contribution is -2.32. The number of hydrogen-bond donors (Lipinski definition) is 3. The Bertz CT molecular complexity index is 1290. The molecule has 3 aromatic carbocycles. The van der Waals surface area contributed by atoms with Gasteiger partial charge in [-0.2, -0.15) is 5.10 Å². The lowest BCUT2D eigenvalue weighted by molar-refractivity contribution is -0.385. The Balaban J connectivity index is 1.86. The predicted molar refractivity (Wildman–Crippen MR) is 133 cm³/mol. The van der Waals surface area contributed by atoms with Gasteiger partial charge in [0.15, 0.2) is 0 Å². The number of hydrazone groups is 1. The molecular weight excluding hydrogens is 450 g/mol. The highest BCUT2D eigenvalue weighted by atomic mass is 16.6. The summed E-state index contributed by atoms with van der Waals surface area (Å²) in [5, 5.41) is 27.1. The Morgan fingerprint density at radius 1 is 1.03 bits per heavy atom. The molecule has 0 aliphatic heterocycles. The van der Waals surface area contributed by atoms with E-state index < -0.39 is 16.7 Å². The monoisotopic (exact) mass is 473 g/mol. The smallest absolute Gasteiger partial charge is 0.287 e. The van der Waals surface area contributed by atoms with Crippen LogP contribution in [0.2, 0.25) is 0 Å². The quantitative estimate of drug-likeness (QED) is 0.199. The number of phenolic OH excluding ortho intramolecular Hbond substituents is 1. The topological polar surface area (TPSA) is 137 Å². The van der Waals surface area contributed by atoms with Gasteiger partial charge >= 0.3 is 0 Å². The van der Waals surface area contributed by atoms with Crippen molar-refractivity contribution in [2.45, 2.75) is 0 Å². The molecule has 0 saturated heterocycles. The number of aromatic hydroxyl groups is 1. The van der Waals surface area contributed by atoms with Crippen molar-refractivity contribution in [3.05, 3.63) is 105 Å². The van der Waals surface area contributed by atoms with Crippen LogP contribution in [0.5, 0.6) is 5.75 Å². The highest BCUT2D eigenvalue weighted by molar-refractivity contribution is 6.05. The van der Waals surface area contributed by atoms with Gasteiger partial charge in [-0.25, -0.2) is 5.43 Å². The van der Waals surface area contributed by atoms with Crippen LogP contribution in [0.1, 0.15) is 21.5 Å². The van der Waals surface area contributed by atoms with Crippen LogP contribution < -0.4 is 15.6 Å². The molecule has 0 bridgehead atoms. The number of nitro benzene ring substituents is 1. The van der Waals surface area contributed by atoms with E-state index in [1.54, 1.807) is 42.5 Å². The van der Waals surface area contributed by atoms with Gasteiger partial charge in [-0.15, -0.1) is 0 Å². The SMILES string of the molecule is CN(C)c1ccc(C=C(NC(=O)c2ccccc2)C(=O)NN=Cc2cc(O)ccc2[N+](=O)[O-])cc1. The first kappa shape index (κ1) is 24.6. The third kappa shape index (κ3) is 6.75. The molecule has 0 heterocycles. The minimum atomic E-state index is -0.745. The first-order valence-corrected chi connectivity index (χ1v) is 10.4. The third-order valence-electron chi connectivity index (χ3n) is 4.83. The number of nitro groups is 1. The number of anilines is 1. The molecule has 0 atom stereocenters. The van der Waals surface area contributed by atoms with Crippen LogP contribution in [-0.2, 0) is 4.79 Å². The van der Waals surface area contributed by atoms with Crippen molar-refractivity contribution in [1.29, 1.82) is 0 Å². The molecule has 10 heteroatoms. The molecule has 10 nitrogen and oxygen atoms in total. The van der Waals surface area contributed by atoms with Gasteiger partial charge < -0.3 is 15.3 Å². The molecule has 0 aliphatic carbocycles. The van der Waals surface area contributed by atoms with Crippen LogP contribution in [-0.4, -0.2) is 42.2 Å². The predicted octanol–water partition coefficient (Wildman–Crippen LogP) is 3.29. The van der Waals surface area contributed by atoms with Crippen molar-refractivity contribution in [3.63, 3.8) is 0 Å². The second kappa shape index (κ2) is 11.2. The summed E-state index contributed by atoms with van der Waals surface area (Å²) in [5.74, 6) is -1.44. The van der Waals surface area contributed by atoms with Crippen LogP contribution >= 0.6 is 0 Å². The molecule has 0 unspecified atom stereocenters. The normalized spacial score (nSPS) is 11.2. The highest BCUT2D eigenvalue weighted by Gasteiger charge is 2.16. The number of carbonyl (C=O) groups excluding carboxylic acids is 2. The van der Waals surface area contributed by atoms with Gasteiger partial charge in [-0.1, -0.05) is 30.3 Å². The summed E-state index contributed by atoms with van der Waals surface area (Å²) < 4.78 is 0. The summed E-state index contributed by atoms with van der Waals surface area (Å²) in [4.78, 5) is 38.0. The van der Waals surface area contributed by atoms with Crippen LogP contribution in [0, 0.1) is 10.1 Å². The maximum Gasteiger partial charge on any atom is 0.287 e. The van der Waals surface area contributed by atoms with E-state index in [1.807, 2.05) is 31.1 Å². The summed E-state index contributed by atoms with van der Waals surface area (Å²) in [6.45, 7) is 0. The van der Waals surface area contributed by atoms with Crippen LogP contribution in [0.4, 0.5) is 11.4 Å². The van der Waals surface area contributed by atoms with Gasteiger partial charge in [0.1, 0.15) is 11.4 Å². The highest BCUT2D eigenvalue weighted by Crippen LogP contribution is 2.21. The van der Waals surface area contributed by atoms with E-state index in [-0.39, 0.29) is 22.7 Å². The molecule has 2 amide bonds. The van der Waals surface area contributed by atoms with Gasteiger partial charge in [0, 0.05) is 31.4 Å². The lowest BCUT2D eigenvalue weighted by atomic mass is 10.1. The average molecular weight is 473 g/mol. The molecule has 178 valence electrons. The first-order chi connectivity index (χ1) is 16.7. The number of benzene rings is 3.